The van der Waals surface area contributed by atoms with Crippen molar-refractivity contribution < 1.29 is 13.9 Å². The van der Waals surface area contributed by atoms with Crippen LogP contribution in [0.25, 0.3) is 52.8 Å². The lowest BCUT2D eigenvalue weighted by Crippen LogP contribution is -1.83. The summed E-state index contributed by atoms with van der Waals surface area (Å²) in [5.41, 5.74) is 5.36. The summed E-state index contributed by atoms with van der Waals surface area (Å²) in [6.07, 6.45) is 0. The fourth-order valence-corrected chi connectivity index (χ4v) is 6.74. The molecule has 0 bridgehead atoms. The highest BCUT2D eigenvalue weighted by atomic mass is 32.1. The molecule has 0 amide bonds. The Morgan fingerprint density at radius 2 is 1.06 bits per heavy atom. The minimum atomic E-state index is -0.465. The van der Waals surface area contributed by atoms with Crippen LogP contribution in [0, 0.1) is 18.6 Å². The van der Waals surface area contributed by atoms with Crippen molar-refractivity contribution in [2.24, 2.45) is 0 Å². The van der Waals surface area contributed by atoms with Crippen molar-refractivity contribution in [3.63, 3.8) is 0 Å². The van der Waals surface area contributed by atoms with Gasteiger partial charge in [-0.1, -0.05) is 24.3 Å². The van der Waals surface area contributed by atoms with Crippen molar-refractivity contribution in [1.29, 1.82) is 0 Å². The summed E-state index contributed by atoms with van der Waals surface area (Å²) < 4.78 is 38.0. The molecule has 0 saturated heterocycles. The topological polar surface area (TPSA) is 46.0 Å². The van der Waals surface area contributed by atoms with Crippen LogP contribution in [0.4, 0.5) is 8.78 Å². The zero-order valence-electron chi connectivity index (χ0n) is 18.3. The number of aromatic hydroxyl groups is 1. The third-order valence-corrected chi connectivity index (χ3v) is 8.60. The largest absolute Gasteiger partial charge is 0.508 e. The molecular weight excluding hydrogens is 503 g/mol. The number of nitrogens with zero attached hydrogens (tertiary/aromatic N) is 2. The highest BCUT2D eigenvalue weighted by Crippen LogP contribution is 2.43. The van der Waals surface area contributed by atoms with Gasteiger partial charge in [-0.15, -0.1) is 22.7 Å². The molecule has 0 aliphatic heterocycles. The maximum Gasteiger partial charge on any atom is 0.135 e. The van der Waals surface area contributed by atoms with Crippen LogP contribution < -0.4 is 0 Å². The first-order chi connectivity index (χ1) is 17.0. The molecule has 0 spiro atoms. The third kappa shape index (κ3) is 3.93. The van der Waals surface area contributed by atoms with E-state index >= 15 is 0 Å². The van der Waals surface area contributed by atoms with Gasteiger partial charge < -0.3 is 5.11 Å². The van der Waals surface area contributed by atoms with Gasteiger partial charge in [0.2, 0.25) is 0 Å². The van der Waals surface area contributed by atoms with Gasteiger partial charge >= 0.3 is 0 Å². The zero-order valence-corrected chi connectivity index (χ0v) is 20.7. The van der Waals surface area contributed by atoms with Crippen molar-refractivity contribution in [3.8, 4) is 47.5 Å². The van der Waals surface area contributed by atoms with Crippen LogP contribution >= 0.6 is 34.4 Å². The maximum atomic E-state index is 14.5. The van der Waals surface area contributed by atoms with Gasteiger partial charge in [0.05, 0.1) is 11.7 Å². The van der Waals surface area contributed by atoms with Gasteiger partial charge in [-0.25, -0.2) is 8.78 Å². The summed E-state index contributed by atoms with van der Waals surface area (Å²) in [4.78, 5) is 3.56. The van der Waals surface area contributed by atoms with Crippen molar-refractivity contribution in [2.45, 2.75) is 6.92 Å². The lowest BCUT2D eigenvalue weighted by molar-refractivity contribution is 0.469. The van der Waals surface area contributed by atoms with Crippen LogP contribution in [-0.2, 0) is 0 Å². The number of hydrogen-bond acceptors (Lipinski definition) is 6. The monoisotopic (exact) mass is 518 g/mol. The Kier molecular flexibility index (Phi) is 5.44. The fourth-order valence-electron chi connectivity index (χ4n) is 4.04. The number of phenolic OH excluding ortho intramolecular Hbond substituents is 1. The van der Waals surface area contributed by atoms with E-state index in [1.54, 1.807) is 12.1 Å². The molecule has 1 N–H and O–H groups in total. The number of aromatic nitrogens is 2. The molecule has 0 unspecified atom stereocenters. The molecule has 0 atom stereocenters. The molecule has 6 rings (SSSR count). The van der Waals surface area contributed by atoms with Gasteiger partial charge in [0.25, 0.3) is 0 Å². The summed E-state index contributed by atoms with van der Waals surface area (Å²) in [6, 6.07) is 21.2. The van der Waals surface area contributed by atoms with Gasteiger partial charge in [0, 0.05) is 47.8 Å². The lowest BCUT2D eigenvalue weighted by atomic mass is 10.1. The maximum absolute atomic E-state index is 14.5. The summed E-state index contributed by atoms with van der Waals surface area (Å²) in [7, 11) is 0. The molecule has 0 aliphatic rings. The second-order valence-electron chi connectivity index (χ2n) is 8.10. The summed E-state index contributed by atoms with van der Waals surface area (Å²) in [5.74, 6) is -0.795. The Balaban J connectivity index is 1.39. The molecule has 172 valence electrons. The Morgan fingerprint density at radius 1 is 0.600 bits per heavy atom. The Labute approximate surface area is 211 Å². The lowest BCUT2D eigenvalue weighted by Gasteiger charge is -2.04. The minimum Gasteiger partial charge on any atom is -0.508 e. The molecule has 0 saturated carbocycles. The molecule has 8 heteroatoms. The Bertz CT molecular complexity index is 1590. The standard InChI is InChI=1S/C27H16F2N2OS3/c1-14-2-4-16(20(28)12-14)22-8-10-24(33-22)18-6-7-19(27-26(18)30-35-31-27)25-11-9-23(34-25)17-5-3-15(32)13-21(17)29/h2-13,32H,1H3. The van der Waals surface area contributed by atoms with Gasteiger partial charge in [-0.3, -0.25) is 0 Å². The number of benzene rings is 3. The molecule has 3 nitrogen and oxygen atoms in total. The number of rotatable bonds is 4. The molecular formula is C27H16F2N2OS3. The Morgan fingerprint density at radius 3 is 1.57 bits per heavy atom. The van der Waals surface area contributed by atoms with Crippen molar-refractivity contribution >= 4 is 45.4 Å². The van der Waals surface area contributed by atoms with Crippen molar-refractivity contribution in [1.82, 2.24) is 8.75 Å². The molecule has 3 aromatic carbocycles. The fraction of sp³-hybridized carbons (Fsp3) is 0.0370. The second-order valence-corrected chi connectivity index (χ2v) is 10.8. The predicted molar refractivity (Wildman–Crippen MR) is 141 cm³/mol. The van der Waals surface area contributed by atoms with Gasteiger partial charge in [-0.2, -0.15) is 8.75 Å². The first-order valence-corrected chi connectivity index (χ1v) is 13.1. The average molecular weight is 519 g/mol. The minimum absolute atomic E-state index is 0.101. The van der Waals surface area contributed by atoms with Gasteiger partial charge in [0.15, 0.2) is 0 Å². The summed E-state index contributed by atoms with van der Waals surface area (Å²) in [6.45, 7) is 1.87. The highest BCUT2D eigenvalue weighted by molar-refractivity contribution is 7.19. The SMILES string of the molecule is Cc1ccc(-c2ccc(-c3ccc(-c4ccc(-c5ccc(O)cc5F)s4)c4nsnc34)s2)c(F)c1. The molecule has 3 aromatic heterocycles. The molecule has 35 heavy (non-hydrogen) atoms. The van der Waals surface area contributed by atoms with Crippen LogP contribution in [0.1, 0.15) is 5.56 Å². The van der Waals surface area contributed by atoms with E-state index in [4.69, 9.17) is 0 Å². The number of aryl methyl sites for hydroxylation is 1. The quantitative estimate of drug-likeness (QED) is 0.254. The number of fused-ring (bicyclic) bond motifs is 1. The molecule has 3 heterocycles. The van der Waals surface area contributed by atoms with E-state index in [0.29, 0.717) is 11.1 Å². The number of hydrogen-bond donors (Lipinski definition) is 1. The van der Waals surface area contributed by atoms with Crippen LogP contribution in [0.5, 0.6) is 5.75 Å². The predicted octanol–water partition coefficient (Wildman–Crippen LogP) is 8.77. The summed E-state index contributed by atoms with van der Waals surface area (Å²) in [5, 5.41) is 9.50. The van der Waals surface area contributed by atoms with E-state index in [2.05, 4.69) is 8.75 Å². The van der Waals surface area contributed by atoms with E-state index < -0.39 is 5.82 Å². The first kappa shape index (κ1) is 22.0. The summed E-state index contributed by atoms with van der Waals surface area (Å²) >= 11 is 4.13. The third-order valence-electron chi connectivity index (χ3n) is 5.77. The van der Waals surface area contributed by atoms with Crippen LogP contribution in [0.2, 0.25) is 0 Å². The zero-order chi connectivity index (χ0) is 24.1. The van der Waals surface area contributed by atoms with Crippen molar-refractivity contribution in [2.75, 3.05) is 0 Å². The van der Waals surface area contributed by atoms with E-state index in [9.17, 15) is 13.9 Å². The van der Waals surface area contributed by atoms with E-state index in [1.165, 1.54) is 28.7 Å². The van der Waals surface area contributed by atoms with Crippen LogP contribution in [0.3, 0.4) is 0 Å². The number of phenols is 1. The van der Waals surface area contributed by atoms with E-state index in [1.807, 2.05) is 55.5 Å². The molecule has 0 aliphatic carbocycles. The molecule has 0 fully saturated rings. The molecule has 6 aromatic rings. The average Bonchev–Trinajstić information content (AvgIpc) is 3.59. The normalized spacial score (nSPS) is 11.4. The highest BCUT2D eigenvalue weighted by Gasteiger charge is 2.18. The van der Waals surface area contributed by atoms with E-state index in [0.717, 1.165) is 65.0 Å². The van der Waals surface area contributed by atoms with E-state index in [-0.39, 0.29) is 11.6 Å². The number of thiophene rings is 2. The smallest absolute Gasteiger partial charge is 0.135 e. The van der Waals surface area contributed by atoms with Crippen LogP contribution in [0.15, 0.2) is 72.8 Å². The van der Waals surface area contributed by atoms with Gasteiger partial charge in [-0.05, 0) is 55.0 Å². The molecule has 0 radical (unpaired) electrons. The van der Waals surface area contributed by atoms with Gasteiger partial charge in [0.1, 0.15) is 28.4 Å². The second kappa shape index (κ2) is 8.64. The van der Waals surface area contributed by atoms with Crippen LogP contribution in [-0.4, -0.2) is 13.9 Å². The van der Waals surface area contributed by atoms with Crippen molar-refractivity contribution in [3.05, 3.63) is 90.0 Å². The number of halogens is 2. The Hall–Kier alpha value is -3.46. The first-order valence-electron chi connectivity index (χ1n) is 10.7.